The lowest BCUT2D eigenvalue weighted by atomic mass is 10.4. The fourth-order valence-electron chi connectivity index (χ4n) is 1.41. The van der Waals surface area contributed by atoms with E-state index >= 15 is 0 Å². The van der Waals surface area contributed by atoms with Gasteiger partial charge < -0.3 is 10.2 Å². The normalized spacial score (nSPS) is 14.1. The van der Waals surface area contributed by atoms with Crippen LogP contribution < -0.4 is 5.73 Å². The number of furan rings is 1. The van der Waals surface area contributed by atoms with Gasteiger partial charge >= 0.3 is 0 Å². The van der Waals surface area contributed by atoms with Crippen LogP contribution >= 0.6 is 27.7 Å². The molecule has 1 atom stereocenters. The summed E-state index contributed by atoms with van der Waals surface area (Å²) in [6, 6.07) is 1.37. The van der Waals surface area contributed by atoms with Gasteiger partial charge in [0.05, 0.1) is 6.54 Å². The second-order valence-corrected chi connectivity index (χ2v) is 7.48. The Morgan fingerprint density at radius 3 is 2.67 bits per heavy atom. The monoisotopic (exact) mass is 356 g/mol. The molecule has 1 unspecified atom stereocenters. The second-order valence-electron chi connectivity index (χ2n) is 3.88. The molecule has 1 rings (SSSR count). The Hall–Kier alpha value is -0.0200. The van der Waals surface area contributed by atoms with E-state index < -0.39 is 10.0 Å². The molecule has 0 saturated heterocycles. The van der Waals surface area contributed by atoms with Crippen molar-refractivity contribution in [3.05, 3.63) is 16.5 Å². The second kappa shape index (κ2) is 6.42. The molecule has 1 heterocycles. The molecule has 2 N–H and O–H groups in total. The van der Waals surface area contributed by atoms with Crippen molar-refractivity contribution in [3.63, 3.8) is 0 Å². The minimum Gasteiger partial charge on any atom is -0.452 e. The lowest BCUT2D eigenvalue weighted by Crippen LogP contribution is -2.36. The number of thioether (sulfide) groups is 1. The van der Waals surface area contributed by atoms with Gasteiger partial charge in [-0.3, -0.25) is 0 Å². The smallest absolute Gasteiger partial charge is 0.247 e. The molecule has 0 aliphatic heterocycles. The number of nitrogens with two attached hydrogens (primary N) is 1. The third-order valence-electron chi connectivity index (χ3n) is 2.59. The molecule has 0 fully saturated rings. The first-order valence-corrected chi connectivity index (χ1v) is 8.92. The Morgan fingerprint density at radius 2 is 2.22 bits per heavy atom. The zero-order chi connectivity index (χ0) is 13.9. The molecule has 18 heavy (non-hydrogen) atoms. The van der Waals surface area contributed by atoms with Crippen molar-refractivity contribution in [3.8, 4) is 0 Å². The molecule has 0 radical (unpaired) electrons. The average Bonchev–Trinajstić information content (AvgIpc) is 2.70. The SMILES string of the molecule is CSCC(C)N(C)S(=O)(=O)c1cc(CN)oc1Br. The zero-order valence-corrected chi connectivity index (χ0v) is 13.7. The van der Waals surface area contributed by atoms with Crippen molar-refractivity contribution < 1.29 is 12.8 Å². The molecule has 1 aromatic heterocycles. The van der Waals surface area contributed by atoms with Gasteiger partial charge in [0.1, 0.15) is 10.7 Å². The van der Waals surface area contributed by atoms with Gasteiger partial charge in [0.2, 0.25) is 10.0 Å². The van der Waals surface area contributed by atoms with Crippen molar-refractivity contribution in [2.75, 3.05) is 19.1 Å². The van der Waals surface area contributed by atoms with Gasteiger partial charge in [-0.25, -0.2) is 8.42 Å². The highest BCUT2D eigenvalue weighted by molar-refractivity contribution is 9.10. The molecule has 0 aromatic carbocycles. The molecule has 0 bridgehead atoms. The Labute approximate surface area is 120 Å². The summed E-state index contributed by atoms with van der Waals surface area (Å²) in [5, 5.41) is 0. The zero-order valence-electron chi connectivity index (χ0n) is 10.5. The van der Waals surface area contributed by atoms with Gasteiger partial charge in [-0.05, 0) is 29.1 Å². The molecule has 0 saturated carbocycles. The summed E-state index contributed by atoms with van der Waals surface area (Å²) in [7, 11) is -1.99. The van der Waals surface area contributed by atoms with E-state index in [1.165, 1.54) is 10.4 Å². The number of halogens is 1. The van der Waals surface area contributed by atoms with Gasteiger partial charge in [-0.15, -0.1) is 0 Å². The Morgan fingerprint density at radius 1 is 1.61 bits per heavy atom. The highest BCUT2D eigenvalue weighted by atomic mass is 79.9. The van der Waals surface area contributed by atoms with Crippen LogP contribution in [0, 0.1) is 0 Å². The average molecular weight is 357 g/mol. The summed E-state index contributed by atoms with van der Waals surface area (Å²) in [5.74, 6) is 1.17. The molecule has 104 valence electrons. The molecule has 0 spiro atoms. The number of nitrogens with zero attached hydrogens (tertiary/aromatic N) is 1. The van der Waals surface area contributed by atoms with Crippen LogP contribution in [0.2, 0.25) is 0 Å². The van der Waals surface area contributed by atoms with Crippen molar-refractivity contribution in [2.24, 2.45) is 5.73 Å². The van der Waals surface area contributed by atoms with Gasteiger partial charge in [-0.1, -0.05) is 0 Å². The standard InChI is InChI=1S/C10H17BrN2O3S2/c1-7(6-17-3)13(2)18(14,15)9-4-8(5-12)16-10(9)11/h4,7H,5-6,12H2,1-3H3. The number of hydrogen-bond acceptors (Lipinski definition) is 5. The topological polar surface area (TPSA) is 76.5 Å². The van der Waals surface area contributed by atoms with Crippen LogP contribution in [0.5, 0.6) is 0 Å². The molecule has 0 aliphatic rings. The Balaban J connectivity index is 3.08. The van der Waals surface area contributed by atoms with E-state index in [-0.39, 0.29) is 22.2 Å². The third-order valence-corrected chi connectivity index (χ3v) is 6.24. The summed E-state index contributed by atoms with van der Waals surface area (Å²) in [6.45, 7) is 2.03. The Kier molecular flexibility index (Phi) is 5.72. The maximum atomic E-state index is 12.4. The fraction of sp³-hybridized carbons (Fsp3) is 0.600. The lowest BCUT2D eigenvalue weighted by molar-refractivity contribution is 0.412. The van der Waals surface area contributed by atoms with Gasteiger partial charge in [0.15, 0.2) is 4.67 Å². The predicted octanol–water partition coefficient (Wildman–Crippen LogP) is 1.87. The predicted molar refractivity (Wildman–Crippen MR) is 77.1 cm³/mol. The van der Waals surface area contributed by atoms with E-state index in [4.69, 9.17) is 10.2 Å². The third kappa shape index (κ3) is 3.30. The first-order chi connectivity index (χ1) is 8.34. The number of rotatable bonds is 6. The minimum atomic E-state index is -3.56. The molecule has 5 nitrogen and oxygen atoms in total. The van der Waals surface area contributed by atoms with E-state index in [0.717, 1.165) is 5.75 Å². The summed E-state index contributed by atoms with van der Waals surface area (Å²) >= 11 is 4.72. The summed E-state index contributed by atoms with van der Waals surface area (Å²) in [5.41, 5.74) is 5.43. The largest absolute Gasteiger partial charge is 0.452 e. The van der Waals surface area contributed by atoms with Crippen LogP contribution in [0.15, 0.2) is 20.0 Å². The van der Waals surface area contributed by atoms with E-state index in [1.807, 2.05) is 13.2 Å². The van der Waals surface area contributed by atoms with Gasteiger partial charge in [0.25, 0.3) is 0 Å². The fourth-order valence-corrected chi connectivity index (χ4v) is 4.53. The summed E-state index contributed by atoms with van der Waals surface area (Å²) < 4.78 is 31.5. The first kappa shape index (κ1) is 16.0. The van der Waals surface area contributed by atoms with Crippen LogP contribution in [0.1, 0.15) is 12.7 Å². The van der Waals surface area contributed by atoms with Crippen LogP contribution in [0.25, 0.3) is 0 Å². The molecular formula is C10H17BrN2O3S2. The van der Waals surface area contributed by atoms with Crippen molar-refractivity contribution >= 4 is 37.7 Å². The van der Waals surface area contributed by atoms with E-state index in [0.29, 0.717) is 5.76 Å². The van der Waals surface area contributed by atoms with Gasteiger partial charge in [0, 0.05) is 24.9 Å². The van der Waals surface area contributed by atoms with Crippen LogP contribution in [-0.4, -0.2) is 37.8 Å². The van der Waals surface area contributed by atoms with E-state index in [1.54, 1.807) is 18.8 Å². The maximum absolute atomic E-state index is 12.4. The highest BCUT2D eigenvalue weighted by Crippen LogP contribution is 2.29. The number of hydrogen-bond donors (Lipinski definition) is 1. The molecule has 1 aromatic rings. The van der Waals surface area contributed by atoms with Crippen molar-refractivity contribution in [1.29, 1.82) is 0 Å². The van der Waals surface area contributed by atoms with Crippen LogP contribution in [0.4, 0.5) is 0 Å². The molecule has 0 aliphatic carbocycles. The van der Waals surface area contributed by atoms with Crippen molar-refractivity contribution in [2.45, 2.75) is 24.4 Å². The highest BCUT2D eigenvalue weighted by Gasteiger charge is 2.29. The minimum absolute atomic E-state index is 0.0897. The van der Waals surface area contributed by atoms with Gasteiger partial charge in [-0.2, -0.15) is 16.1 Å². The van der Waals surface area contributed by atoms with E-state index in [2.05, 4.69) is 15.9 Å². The molecule has 8 heteroatoms. The molecular weight excluding hydrogens is 340 g/mol. The van der Waals surface area contributed by atoms with Crippen LogP contribution in [0.3, 0.4) is 0 Å². The van der Waals surface area contributed by atoms with Crippen LogP contribution in [-0.2, 0) is 16.6 Å². The first-order valence-electron chi connectivity index (χ1n) is 5.29. The summed E-state index contributed by atoms with van der Waals surface area (Å²) in [4.78, 5) is 0.124. The van der Waals surface area contributed by atoms with Crippen molar-refractivity contribution in [1.82, 2.24) is 4.31 Å². The quantitative estimate of drug-likeness (QED) is 0.841. The van der Waals surface area contributed by atoms with E-state index in [9.17, 15) is 8.42 Å². The Bertz CT molecular complexity index is 501. The molecule has 0 amide bonds. The number of sulfonamides is 1. The maximum Gasteiger partial charge on any atom is 0.247 e. The lowest BCUT2D eigenvalue weighted by Gasteiger charge is -2.22. The summed E-state index contributed by atoms with van der Waals surface area (Å²) in [6.07, 6.45) is 1.94.